The van der Waals surface area contributed by atoms with Crippen LogP contribution < -0.4 is 0 Å². The van der Waals surface area contributed by atoms with Crippen molar-refractivity contribution in [2.45, 2.75) is 31.0 Å². The normalized spacial score (nSPS) is 36.5. The molecule has 4 unspecified atom stereocenters. The van der Waals surface area contributed by atoms with E-state index in [1.807, 2.05) is 30.3 Å². The minimum atomic E-state index is -0.721. The summed E-state index contributed by atoms with van der Waals surface area (Å²) < 4.78 is 5.73. The molecular weight excluding hydrogens is 204 g/mol. The van der Waals surface area contributed by atoms with Gasteiger partial charge in [0.25, 0.3) is 0 Å². The second-order valence-corrected chi connectivity index (χ2v) is 4.59. The van der Waals surface area contributed by atoms with Gasteiger partial charge in [-0.15, -0.1) is 0 Å². The van der Waals surface area contributed by atoms with Crippen molar-refractivity contribution in [1.29, 1.82) is 0 Å². The summed E-state index contributed by atoms with van der Waals surface area (Å²) in [6.07, 6.45) is 1.92. The van der Waals surface area contributed by atoms with Gasteiger partial charge in [0.2, 0.25) is 0 Å². The minimum absolute atomic E-state index is 0.0393. The molecule has 3 heteroatoms. The lowest BCUT2D eigenvalue weighted by atomic mass is 9.75. The van der Waals surface area contributed by atoms with Crippen LogP contribution in [0, 0.1) is 5.92 Å². The number of benzene rings is 1. The summed E-state index contributed by atoms with van der Waals surface area (Å²) in [6.45, 7) is 0. The third-order valence-corrected chi connectivity index (χ3v) is 3.74. The molecule has 3 rings (SSSR count). The van der Waals surface area contributed by atoms with Gasteiger partial charge < -0.3 is 9.84 Å². The van der Waals surface area contributed by atoms with E-state index >= 15 is 0 Å². The van der Waals surface area contributed by atoms with E-state index in [1.54, 1.807) is 0 Å². The van der Waals surface area contributed by atoms with Crippen LogP contribution in [0.25, 0.3) is 0 Å². The number of rotatable bonds is 2. The predicted octanol–water partition coefficient (Wildman–Crippen LogP) is 2.03. The van der Waals surface area contributed by atoms with Gasteiger partial charge in [0.05, 0.1) is 18.1 Å². The number of carboxylic acids is 1. The maximum absolute atomic E-state index is 11.3. The van der Waals surface area contributed by atoms with Crippen molar-refractivity contribution in [2.24, 2.45) is 5.92 Å². The molecule has 4 atom stereocenters. The Balaban J connectivity index is 1.97. The van der Waals surface area contributed by atoms with Gasteiger partial charge in [-0.05, 0) is 18.4 Å². The Morgan fingerprint density at radius 2 is 1.88 bits per heavy atom. The number of hydrogen-bond donors (Lipinski definition) is 1. The molecule has 84 valence electrons. The molecule has 2 bridgehead atoms. The Morgan fingerprint density at radius 3 is 2.56 bits per heavy atom. The molecule has 0 saturated carbocycles. The quantitative estimate of drug-likeness (QED) is 0.826. The molecule has 2 saturated heterocycles. The van der Waals surface area contributed by atoms with Crippen molar-refractivity contribution < 1.29 is 14.6 Å². The minimum Gasteiger partial charge on any atom is -0.481 e. The van der Waals surface area contributed by atoms with Gasteiger partial charge in [0, 0.05) is 5.92 Å². The number of fused-ring (bicyclic) bond motifs is 2. The average Bonchev–Trinajstić information content (AvgIpc) is 2.89. The Bertz CT molecular complexity index is 401. The molecular formula is C13H14O3. The molecule has 1 aromatic carbocycles. The van der Waals surface area contributed by atoms with E-state index in [4.69, 9.17) is 4.74 Å². The Labute approximate surface area is 94.0 Å². The molecule has 0 aromatic heterocycles. The van der Waals surface area contributed by atoms with Crippen LogP contribution in [0.1, 0.15) is 24.3 Å². The molecule has 0 amide bonds. The van der Waals surface area contributed by atoms with Crippen molar-refractivity contribution in [3.63, 3.8) is 0 Å². The van der Waals surface area contributed by atoms with E-state index in [-0.39, 0.29) is 24.0 Å². The van der Waals surface area contributed by atoms with Gasteiger partial charge in [-0.25, -0.2) is 0 Å². The molecule has 16 heavy (non-hydrogen) atoms. The lowest BCUT2D eigenvalue weighted by Gasteiger charge is -2.25. The average molecular weight is 218 g/mol. The summed E-state index contributed by atoms with van der Waals surface area (Å²) >= 11 is 0. The van der Waals surface area contributed by atoms with Crippen molar-refractivity contribution in [1.82, 2.24) is 0 Å². The number of hydrogen-bond acceptors (Lipinski definition) is 2. The van der Waals surface area contributed by atoms with Gasteiger partial charge in [-0.1, -0.05) is 30.3 Å². The standard InChI is InChI=1S/C13H14O3/c14-13(15)12-10-7-6-9(16-10)11(12)8-4-2-1-3-5-8/h1-5,9-12H,6-7H2,(H,14,15). The van der Waals surface area contributed by atoms with Gasteiger partial charge in [0.15, 0.2) is 0 Å². The van der Waals surface area contributed by atoms with Crippen LogP contribution >= 0.6 is 0 Å². The Hall–Kier alpha value is -1.35. The van der Waals surface area contributed by atoms with Crippen LogP contribution in [0.2, 0.25) is 0 Å². The zero-order valence-corrected chi connectivity index (χ0v) is 8.87. The van der Waals surface area contributed by atoms with Crippen LogP contribution in [-0.2, 0) is 9.53 Å². The molecule has 2 fully saturated rings. The van der Waals surface area contributed by atoms with E-state index < -0.39 is 5.97 Å². The molecule has 1 aromatic rings. The third-order valence-electron chi connectivity index (χ3n) is 3.74. The van der Waals surface area contributed by atoms with E-state index in [0.29, 0.717) is 0 Å². The van der Waals surface area contributed by atoms with E-state index in [1.165, 1.54) is 0 Å². The van der Waals surface area contributed by atoms with Gasteiger partial charge in [0.1, 0.15) is 0 Å². The third kappa shape index (κ3) is 1.35. The van der Waals surface area contributed by atoms with E-state index in [0.717, 1.165) is 18.4 Å². The van der Waals surface area contributed by atoms with Crippen molar-refractivity contribution in [2.75, 3.05) is 0 Å². The molecule has 0 spiro atoms. The van der Waals surface area contributed by atoms with Gasteiger partial charge in [-0.2, -0.15) is 0 Å². The summed E-state index contributed by atoms with van der Waals surface area (Å²) in [5.41, 5.74) is 1.10. The van der Waals surface area contributed by atoms with Crippen molar-refractivity contribution >= 4 is 5.97 Å². The summed E-state index contributed by atoms with van der Waals surface area (Å²) in [5.74, 6) is -1.04. The van der Waals surface area contributed by atoms with Gasteiger partial charge >= 0.3 is 5.97 Å². The van der Waals surface area contributed by atoms with Crippen LogP contribution in [0.4, 0.5) is 0 Å². The molecule has 1 N–H and O–H groups in total. The van der Waals surface area contributed by atoms with Crippen molar-refractivity contribution in [3.8, 4) is 0 Å². The summed E-state index contributed by atoms with van der Waals surface area (Å²) in [5, 5.41) is 9.29. The Morgan fingerprint density at radius 1 is 1.19 bits per heavy atom. The number of ether oxygens (including phenoxy) is 1. The van der Waals surface area contributed by atoms with Crippen molar-refractivity contribution in [3.05, 3.63) is 35.9 Å². The first-order chi connectivity index (χ1) is 7.77. The number of carbonyl (C=O) groups is 1. The first-order valence-electron chi connectivity index (χ1n) is 5.70. The zero-order chi connectivity index (χ0) is 11.1. The Kier molecular flexibility index (Phi) is 2.21. The number of aliphatic carboxylic acids is 1. The van der Waals surface area contributed by atoms with Gasteiger partial charge in [-0.3, -0.25) is 4.79 Å². The highest BCUT2D eigenvalue weighted by Crippen LogP contribution is 2.48. The highest BCUT2D eigenvalue weighted by Gasteiger charge is 2.52. The van der Waals surface area contributed by atoms with E-state index in [2.05, 4.69) is 0 Å². The second-order valence-electron chi connectivity index (χ2n) is 4.59. The highest BCUT2D eigenvalue weighted by atomic mass is 16.5. The van der Waals surface area contributed by atoms with Crippen LogP contribution in [0.15, 0.2) is 30.3 Å². The largest absolute Gasteiger partial charge is 0.481 e. The molecule has 0 aliphatic carbocycles. The van der Waals surface area contributed by atoms with Crippen LogP contribution in [-0.4, -0.2) is 23.3 Å². The smallest absolute Gasteiger partial charge is 0.309 e. The summed E-state index contributed by atoms with van der Waals surface area (Å²) in [7, 11) is 0. The fourth-order valence-electron chi connectivity index (χ4n) is 3.09. The fourth-order valence-corrected chi connectivity index (χ4v) is 3.09. The number of carboxylic acid groups (broad SMARTS) is 1. The first-order valence-corrected chi connectivity index (χ1v) is 5.70. The summed E-state index contributed by atoms with van der Waals surface area (Å²) in [4.78, 5) is 11.3. The SMILES string of the molecule is O=C(O)C1C2CCC(O2)C1c1ccccc1. The maximum atomic E-state index is 11.3. The molecule has 0 radical (unpaired) electrons. The molecule has 3 nitrogen and oxygen atoms in total. The lowest BCUT2D eigenvalue weighted by molar-refractivity contribution is -0.143. The maximum Gasteiger partial charge on any atom is 0.309 e. The van der Waals surface area contributed by atoms with Crippen LogP contribution in [0.5, 0.6) is 0 Å². The molecule has 2 aliphatic heterocycles. The fraction of sp³-hybridized carbons (Fsp3) is 0.462. The topological polar surface area (TPSA) is 46.5 Å². The summed E-state index contributed by atoms with van der Waals surface area (Å²) in [6, 6.07) is 9.88. The predicted molar refractivity (Wildman–Crippen MR) is 58.2 cm³/mol. The lowest BCUT2D eigenvalue weighted by Crippen LogP contribution is -2.31. The molecule has 2 aliphatic rings. The zero-order valence-electron chi connectivity index (χ0n) is 8.87. The van der Waals surface area contributed by atoms with Crippen LogP contribution in [0.3, 0.4) is 0 Å². The highest BCUT2D eigenvalue weighted by molar-refractivity contribution is 5.73. The molecule has 2 heterocycles. The monoisotopic (exact) mass is 218 g/mol. The first kappa shape index (κ1) is 9.85. The van der Waals surface area contributed by atoms with E-state index in [9.17, 15) is 9.90 Å². The second kappa shape index (κ2) is 3.59.